The number of hydrogen-bond acceptors (Lipinski definition) is 18. The van der Waals surface area contributed by atoms with E-state index < -0.39 is 100 Å². The molecule has 29 heteroatoms. The van der Waals surface area contributed by atoms with E-state index >= 15 is 0 Å². The number of rotatable bonds is 27. The van der Waals surface area contributed by atoms with Gasteiger partial charge in [0.15, 0.2) is 0 Å². The van der Waals surface area contributed by atoms with Gasteiger partial charge in [-0.1, -0.05) is 106 Å². The summed E-state index contributed by atoms with van der Waals surface area (Å²) in [5.74, 6) is -2.39. The van der Waals surface area contributed by atoms with Gasteiger partial charge in [-0.2, -0.15) is 13.2 Å². The Hall–Kier alpha value is -7.41. The zero-order valence-electron chi connectivity index (χ0n) is 61.4. The standard InChI is InChI=1S/C78H96ClF3N10O11S4/c1-50(52-13-15-54(16-14-52)71-51(2)83-49-105-71)84-74(97)67-42-61(93)47-92(67)75(98)72(76(3,4)5)86-69(94)29-39-103-40-30-70(95)90-36-33-88(34-37-90)32-28-59(48-104-62-11-9-8-10-12-62)85-65-25-24-63(43-68(65)106(99,100)78(80,81)82)107(101,102)87-73(96)56-20-26-66-55(41-56)19-23-60-46-89(35-38-91(60)66)45-57-44-77(6,7)31-27-64(57)53-17-21-58(79)22-18-53/h8-18,20-22,24-26,41,43,49-50,59-61,67,72,85,93H,19,23,27-40,42,44-48H2,1-7H3,(H,84,97)(H,86,94)(H,87,96)/t50-,59+,60?,61+,67-,72+/m0/s1. The van der Waals surface area contributed by atoms with E-state index in [-0.39, 0.29) is 74.1 Å². The average Bonchev–Trinajstić information content (AvgIpc) is 1.12. The van der Waals surface area contributed by atoms with Crippen molar-refractivity contribution in [3.8, 4) is 10.4 Å². The van der Waals surface area contributed by atoms with Crippen LogP contribution in [0.2, 0.25) is 5.02 Å². The van der Waals surface area contributed by atoms with Crippen LogP contribution >= 0.6 is 34.7 Å². The number of hydrogen-bond donors (Lipinski definition) is 5. The van der Waals surface area contributed by atoms with Crippen molar-refractivity contribution in [2.45, 2.75) is 163 Å². The summed E-state index contributed by atoms with van der Waals surface area (Å²) < 4.78 is 107. The summed E-state index contributed by atoms with van der Waals surface area (Å²) in [6.45, 7) is 18.8. The van der Waals surface area contributed by atoms with Crippen LogP contribution in [-0.4, -0.2) is 196 Å². The Morgan fingerprint density at radius 1 is 0.822 bits per heavy atom. The monoisotopic (exact) mass is 1570 g/mol. The van der Waals surface area contributed by atoms with Crippen molar-refractivity contribution in [3.63, 3.8) is 0 Å². The van der Waals surface area contributed by atoms with Gasteiger partial charge in [0.25, 0.3) is 25.8 Å². The normalized spacial score (nSPS) is 19.7. The number of halogens is 4. The molecule has 3 saturated heterocycles. The molecule has 21 nitrogen and oxygen atoms in total. The molecular weight excluding hydrogens is 1470 g/mol. The summed E-state index contributed by atoms with van der Waals surface area (Å²) in [5, 5.41) is 20.3. The van der Waals surface area contributed by atoms with Gasteiger partial charge in [-0.3, -0.25) is 33.8 Å². The molecule has 5 amide bonds. The molecule has 11 rings (SSSR count). The number of allylic oxidation sites excluding steroid dienone is 1. The number of anilines is 2. The van der Waals surface area contributed by atoms with Crippen molar-refractivity contribution < 1.29 is 63.8 Å². The van der Waals surface area contributed by atoms with Crippen LogP contribution in [0.3, 0.4) is 0 Å². The largest absolute Gasteiger partial charge is 0.501 e. The van der Waals surface area contributed by atoms with Gasteiger partial charge in [-0.25, -0.2) is 26.5 Å². The van der Waals surface area contributed by atoms with Gasteiger partial charge >= 0.3 is 5.51 Å². The second-order valence-corrected chi connectivity index (χ2v) is 36.4. The van der Waals surface area contributed by atoms with Crippen LogP contribution in [0.1, 0.15) is 132 Å². The van der Waals surface area contributed by atoms with Gasteiger partial charge in [-0.15, -0.1) is 23.1 Å². The fourth-order valence-electron chi connectivity index (χ4n) is 14.9. The van der Waals surface area contributed by atoms with Crippen LogP contribution in [0.5, 0.6) is 0 Å². The summed E-state index contributed by atoms with van der Waals surface area (Å²) in [5.41, 5.74) is 3.49. The number of amides is 5. The van der Waals surface area contributed by atoms with Gasteiger partial charge in [0.2, 0.25) is 23.6 Å². The van der Waals surface area contributed by atoms with Crippen molar-refractivity contribution >= 4 is 101 Å². The van der Waals surface area contributed by atoms with Gasteiger partial charge in [-0.05, 0) is 152 Å². The second kappa shape index (κ2) is 34.2. The minimum Gasteiger partial charge on any atom is -0.391 e. The number of carbonyl (C=O) groups is 5. The molecule has 1 unspecified atom stereocenters. The molecule has 0 saturated carbocycles. The number of aryl methyl sites for hydroxylation is 2. The molecule has 5 heterocycles. The van der Waals surface area contributed by atoms with Gasteiger partial charge < -0.3 is 40.5 Å². The fourth-order valence-corrected chi connectivity index (χ4v) is 18.8. The molecule has 3 fully saturated rings. The number of ether oxygens (including phenoxy) is 1. The SMILES string of the molecule is Cc1ncsc1-c1ccc([C@H](C)NC(=O)[C@@H]2C[C@@H](O)CN2C(=O)[C@@H](NC(=O)CCOCCC(=O)N2CCN(CC[C@H](CSc3ccccc3)Nc3ccc(S(=O)(=O)NC(=O)c4ccc5c(c4)CCC4CN(CC6=C(c7ccc(Cl)cc7)CCC(C)(C)C6)CCN54)cc3S(=O)(=O)C(F)(F)F)CC2)C(C)(C)C)cc1. The number of thiazole rings is 1. The summed E-state index contributed by atoms with van der Waals surface area (Å²) in [7, 11) is -11.2. The van der Waals surface area contributed by atoms with E-state index in [4.69, 9.17) is 16.3 Å². The van der Waals surface area contributed by atoms with E-state index in [0.717, 1.165) is 102 Å². The van der Waals surface area contributed by atoms with E-state index in [1.54, 1.807) is 54.7 Å². The number of sulfone groups is 1. The summed E-state index contributed by atoms with van der Waals surface area (Å²) in [6, 6.07) is 29.5. The number of β-amino-alcohol motifs (C(OH)–C–C–N with tert-alkyl or cyclic N) is 1. The zero-order chi connectivity index (χ0) is 76.8. The number of nitrogens with zero attached hydrogens (tertiary/aromatic N) is 6. The number of aromatic nitrogens is 1. The third-order valence-electron chi connectivity index (χ3n) is 20.9. The van der Waals surface area contributed by atoms with Crippen LogP contribution in [0.15, 0.2) is 141 Å². The molecule has 5 N–H and O–H groups in total. The Morgan fingerprint density at radius 3 is 2.21 bits per heavy atom. The Bertz CT molecular complexity index is 4460. The molecule has 107 heavy (non-hydrogen) atoms. The Kier molecular flexibility index (Phi) is 25.8. The Balaban J connectivity index is 0.655. The number of benzene rings is 5. The van der Waals surface area contributed by atoms with Gasteiger partial charge in [0, 0.05) is 117 Å². The van der Waals surface area contributed by atoms with Crippen molar-refractivity contribution in [2.75, 3.05) is 94.6 Å². The van der Waals surface area contributed by atoms with Crippen molar-refractivity contribution in [1.29, 1.82) is 0 Å². The third-order valence-corrected chi connectivity index (χ3v) is 26.2. The smallest absolute Gasteiger partial charge is 0.391 e. The van der Waals surface area contributed by atoms with Crippen LogP contribution in [0.25, 0.3) is 16.0 Å². The topological polar surface area (TPSA) is 260 Å². The quantitative estimate of drug-likeness (QED) is 0.0237. The van der Waals surface area contributed by atoms with E-state index in [1.807, 2.05) is 85.3 Å². The van der Waals surface area contributed by atoms with Crippen LogP contribution < -0.4 is 25.6 Å². The number of carbonyl (C=O) groups excluding carboxylic acids is 5. The van der Waals surface area contributed by atoms with Gasteiger partial charge in [0.05, 0.1) is 58.4 Å². The molecule has 6 atom stereocenters. The van der Waals surface area contributed by atoms with Crippen LogP contribution in [-0.2, 0) is 50.2 Å². The molecule has 6 aromatic rings. The first-order valence-electron chi connectivity index (χ1n) is 36.4. The lowest BCUT2D eigenvalue weighted by Crippen LogP contribution is -2.58. The minimum atomic E-state index is -6.20. The number of aliphatic hydroxyl groups is 1. The number of nitrogens with one attached hydrogen (secondary N) is 4. The molecule has 4 aliphatic heterocycles. The Labute approximate surface area is 638 Å². The van der Waals surface area contributed by atoms with E-state index in [1.165, 1.54) is 39.4 Å². The first-order chi connectivity index (χ1) is 50.7. The first-order valence-corrected chi connectivity index (χ1v) is 41.6. The lowest BCUT2D eigenvalue weighted by Gasteiger charge is -2.47. The maximum absolute atomic E-state index is 14.7. The maximum Gasteiger partial charge on any atom is 0.501 e. The number of aliphatic hydroxyl groups excluding tert-OH is 1. The highest BCUT2D eigenvalue weighted by molar-refractivity contribution is 7.99. The van der Waals surface area contributed by atoms with Crippen molar-refractivity contribution in [2.24, 2.45) is 10.8 Å². The molecule has 576 valence electrons. The molecule has 0 bridgehead atoms. The van der Waals surface area contributed by atoms with Crippen molar-refractivity contribution in [1.82, 2.24) is 39.9 Å². The summed E-state index contributed by atoms with van der Waals surface area (Å²) in [4.78, 5) is 82.8. The number of likely N-dealkylation sites (tertiary alicyclic amines) is 1. The Morgan fingerprint density at radius 2 is 1.52 bits per heavy atom. The highest BCUT2D eigenvalue weighted by atomic mass is 35.5. The molecule has 5 aromatic carbocycles. The summed E-state index contributed by atoms with van der Waals surface area (Å²) >= 11 is 9.19. The lowest BCUT2D eigenvalue weighted by atomic mass is 9.72. The zero-order valence-corrected chi connectivity index (χ0v) is 65.4. The van der Waals surface area contributed by atoms with E-state index in [2.05, 4.69) is 61.6 Å². The van der Waals surface area contributed by atoms with Gasteiger partial charge in [0.1, 0.15) is 17.0 Å². The predicted molar refractivity (Wildman–Crippen MR) is 411 cm³/mol. The van der Waals surface area contributed by atoms with Crippen LogP contribution in [0, 0.1) is 17.8 Å². The van der Waals surface area contributed by atoms with E-state index in [0.29, 0.717) is 50.2 Å². The maximum atomic E-state index is 14.7. The number of alkyl halides is 3. The number of sulfonamides is 1. The summed E-state index contributed by atoms with van der Waals surface area (Å²) in [6.07, 6.45) is 3.75. The predicted octanol–water partition coefficient (Wildman–Crippen LogP) is 11.6. The molecule has 0 spiro atoms. The minimum absolute atomic E-state index is 0.00664. The molecule has 1 aromatic heterocycles. The van der Waals surface area contributed by atoms with E-state index in [9.17, 15) is 59.1 Å². The molecular formula is C78H96ClF3N10O11S4. The molecule has 5 aliphatic rings. The first kappa shape index (κ1) is 80.6. The van der Waals surface area contributed by atoms with Crippen molar-refractivity contribution in [3.05, 3.63) is 159 Å². The number of thioether (sulfide) groups is 1. The highest BCUT2D eigenvalue weighted by Crippen LogP contribution is 2.44. The lowest BCUT2D eigenvalue weighted by molar-refractivity contribution is -0.144. The molecule has 0 radical (unpaired) electrons. The number of fused-ring (bicyclic) bond motifs is 3. The second-order valence-electron chi connectivity index (χ2n) is 30.4. The number of piperazine rings is 2. The highest BCUT2D eigenvalue weighted by Gasteiger charge is 2.49. The van der Waals surface area contributed by atoms with Crippen LogP contribution in [0.4, 0.5) is 24.5 Å². The fraction of sp³-hybridized carbons (Fsp3) is 0.487. The average molecular weight is 1570 g/mol. The third kappa shape index (κ3) is 20.2. The molecule has 1 aliphatic carbocycles.